The number of amides is 1. The average molecular weight is 652 g/mol. The van der Waals surface area contributed by atoms with Gasteiger partial charge in [-0.2, -0.15) is 4.57 Å². The van der Waals surface area contributed by atoms with E-state index in [0.717, 1.165) is 18.7 Å². The number of nitrogens with zero attached hydrogens (tertiary/aromatic N) is 1. The number of rotatable bonds is 20. The normalized spacial score (nSPS) is 10.7. The van der Waals surface area contributed by atoms with Crippen molar-refractivity contribution in [3.63, 3.8) is 0 Å². The van der Waals surface area contributed by atoms with E-state index < -0.39 is 0 Å². The van der Waals surface area contributed by atoms with Crippen molar-refractivity contribution < 1.29 is 35.8 Å². The molecule has 1 amide bonds. The smallest absolute Gasteiger partial charge is 0.262 e. The predicted octanol–water partition coefficient (Wildman–Crippen LogP) is 5.84. The number of ether oxygens (including phenoxy) is 2. The molecule has 0 radical (unpaired) electrons. The second kappa shape index (κ2) is 20.7. The summed E-state index contributed by atoms with van der Waals surface area (Å²) in [6.07, 6.45) is 17.9. The third-order valence-corrected chi connectivity index (χ3v) is 7.63. The summed E-state index contributed by atoms with van der Waals surface area (Å²) in [7, 11) is 0. The van der Waals surface area contributed by atoms with Crippen LogP contribution in [-0.4, -0.2) is 19.1 Å². The molecular weight excluding hydrogens is 608 g/mol. The van der Waals surface area contributed by atoms with Crippen molar-refractivity contribution in [2.24, 2.45) is 0 Å². The van der Waals surface area contributed by atoms with Crippen molar-refractivity contribution in [3.05, 3.63) is 70.1 Å². The number of hydrogen-bond donors (Lipinski definition) is 1. The maximum Gasteiger partial charge on any atom is 0.262 e. The zero-order valence-electron chi connectivity index (χ0n) is 23.7. The number of aromatic nitrogens is 1. The van der Waals surface area contributed by atoms with E-state index in [9.17, 15) is 4.79 Å². The van der Waals surface area contributed by atoms with Crippen molar-refractivity contribution in [1.82, 2.24) is 0 Å². The Hall–Kier alpha value is -2.09. The van der Waals surface area contributed by atoms with E-state index in [0.29, 0.717) is 23.1 Å². The summed E-state index contributed by atoms with van der Waals surface area (Å²) in [6, 6.07) is 13.1. The van der Waals surface area contributed by atoms with E-state index in [4.69, 9.17) is 21.1 Å². The molecule has 5 nitrogen and oxygen atoms in total. The van der Waals surface area contributed by atoms with Crippen LogP contribution in [0.4, 0.5) is 5.69 Å². The number of benzene rings is 2. The van der Waals surface area contributed by atoms with Gasteiger partial charge in [0.1, 0.15) is 11.5 Å². The lowest BCUT2D eigenvalue weighted by molar-refractivity contribution is -0.683. The number of unbranched alkanes of at least 4 members (excludes halogenated alkanes) is 11. The van der Waals surface area contributed by atoms with Crippen LogP contribution in [0.2, 0.25) is 5.02 Å². The number of carbonyl (C=O) groups excluding carboxylic acids is 1. The molecule has 0 fully saturated rings. The highest BCUT2D eigenvalue weighted by atomic mass is 79.9. The zero-order valence-corrected chi connectivity index (χ0v) is 26.9. The zero-order chi connectivity index (χ0) is 27.5. The molecule has 220 valence electrons. The molecule has 0 spiro atoms. The second-order valence-electron chi connectivity index (χ2n) is 10.1. The van der Waals surface area contributed by atoms with Gasteiger partial charge in [-0.25, -0.2) is 0 Å². The molecule has 40 heavy (non-hydrogen) atoms. The molecule has 0 bridgehead atoms. The molecule has 8 heteroatoms. The van der Waals surface area contributed by atoms with Gasteiger partial charge < -0.3 is 31.8 Å². The molecule has 0 saturated heterocycles. The fourth-order valence-electron chi connectivity index (χ4n) is 4.42. The third kappa shape index (κ3) is 14.0. The van der Waals surface area contributed by atoms with Gasteiger partial charge in [-0.15, -0.1) is 0 Å². The highest BCUT2D eigenvalue weighted by molar-refractivity contribution is 7.07. The van der Waals surface area contributed by atoms with E-state index in [1.54, 1.807) is 29.5 Å². The Morgan fingerprint density at radius 2 is 1.52 bits per heavy atom. The van der Waals surface area contributed by atoms with Gasteiger partial charge in [-0.3, -0.25) is 4.79 Å². The number of thiazole rings is 1. The van der Waals surface area contributed by atoms with Crippen LogP contribution in [-0.2, 0) is 11.3 Å². The fraction of sp³-hybridized carbons (Fsp3) is 0.500. The summed E-state index contributed by atoms with van der Waals surface area (Å²) >= 11 is 8.05. The van der Waals surface area contributed by atoms with Crippen molar-refractivity contribution >= 4 is 34.5 Å². The SMILES string of the molecule is CCCCCCCCCCCCCCOc1ccc(OCC(=O)Nc2ccc(C[n+]3ccsc3)cc2)cc1Cl.[Br-]. The Morgan fingerprint density at radius 1 is 0.875 bits per heavy atom. The Kier molecular flexibility index (Phi) is 17.7. The predicted molar refractivity (Wildman–Crippen MR) is 162 cm³/mol. The summed E-state index contributed by atoms with van der Waals surface area (Å²) in [5.74, 6) is 0.964. The van der Waals surface area contributed by atoms with Crippen LogP contribution in [0.25, 0.3) is 0 Å². The standard InChI is InChI=1S/C32H43ClN2O3S.BrH/c1-2-3-4-5-6-7-8-9-10-11-12-13-21-37-31-19-18-29(23-30(31)33)38-25-32(36)34-28-16-14-27(15-17-28)24-35-20-22-39-26-35;/h14-20,22-23,26H,2-13,21,24-25H2,1H3;1H. The molecule has 0 atom stereocenters. The van der Waals surface area contributed by atoms with Gasteiger partial charge in [0.05, 0.1) is 17.0 Å². The first kappa shape index (κ1) is 34.1. The van der Waals surface area contributed by atoms with E-state index in [1.807, 2.05) is 35.8 Å². The van der Waals surface area contributed by atoms with Crippen LogP contribution in [0, 0.1) is 0 Å². The summed E-state index contributed by atoms with van der Waals surface area (Å²) in [4.78, 5) is 12.3. The Balaban J connectivity index is 0.00000560. The van der Waals surface area contributed by atoms with E-state index in [2.05, 4.69) is 22.3 Å². The molecule has 0 saturated carbocycles. The topological polar surface area (TPSA) is 51.4 Å². The molecule has 1 N–H and O–H groups in total. The fourth-order valence-corrected chi connectivity index (χ4v) is 5.24. The summed E-state index contributed by atoms with van der Waals surface area (Å²) < 4.78 is 13.6. The minimum Gasteiger partial charge on any atom is -1.00 e. The minimum atomic E-state index is -0.224. The van der Waals surface area contributed by atoms with Crippen LogP contribution in [0.3, 0.4) is 0 Å². The average Bonchev–Trinajstić information content (AvgIpc) is 3.45. The van der Waals surface area contributed by atoms with Crippen molar-refractivity contribution in [1.29, 1.82) is 0 Å². The van der Waals surface area contributed by atoms with Gasteiger partial charge in [0.2, 0.25) is 5.51 Å². The first-order valence-electron chi connectivity index (χ1n) is 14.5. The Bertz CT molecular complexity index is 1080. The lowest BCUT2D eigenvalue weighted by Crippen LogP contribution is -3.00. The second-order valence-corrected chi connectivity index (χ2v) is 11.2. The highest BCUT2D eigenvalue weighted by Gasteiger charge is 2.08. The van der Waals surface area contributed by atoms with Gasteiger partial charge in [-0.05, 0) is 30.7 Å². The number of hydrogen-bond acceptors (Lipinski definition) is 4. The molecule has 0 unspecified atom stereocenters. The molecule has 0 aliphatic carbocycles. The van der Waals surface area contributed by atoms with Crippen LogP contribution >= 0.6 is 22.9 Å². The Morgan fingerprint density at radius 3 is 2.12 bits per heavy atom. The monoisotopic (exact) mass is 650 g/mol. The summed E-state index contributed by atoms with van der Waals surface area (Å²) in [5, 5.41) is 5.40. The Labute approximate surface area is 260 Å². The van der Waals surface area contributed by atoms with Crippen LogP contribution in [0.15, 0.2) is 59.6 Å². The molecule has 2 aromatic carbocycles. The van der Waals surface area contributed by atoms with E-state index in [-0.39, 0.29) is 29.5 Å². The van der Waals surface area contributed by atoms with Crippen molar-refractivity contribution in [2.75, 3.05) is 18.5 Å². The number of halogens is 2. The summed E-state index contributed by atoms with van der Waals surface area (Å²) in [5.41, 5.74) is 3.98. The largest absolute Gasteiger partial charge is 1.00 e. The maximum atomic E-state index is 12.3. The molecule has 1 heterocycles. The van der Waals surface area contributed by atoms with E-state index >= 15 is 0 Å². The minimum absolute atomic E-state index is 0. The van der Waals surface area contributed by atoms with Crippen molar-refractivity contribution in [3.8, 4) is 11.5 Å². The first-order valence-corrected chi connectivity index (χ1v) is 15.8. The third-order valence-electron chi connectivity index (χ3n) is 6.66. The molecule has 3 aromatic rings. The van der Waals surface area contributed by atoms with Crippen LogP contribution in [0.5, 0.6) is 11.5 Å². The quantitative estimate of drug-likeness (QED) is 0.123. The lowest BCUT2D eigenvalue weighted by Gasteiger charge is -2.11. The van der Waals surface area contributed by atoms with Crippen LogP contribution < -0.4 is 36.3 Å². The number of nitrogens with one attached hydrogen (secondary N) is 1. The first-order chi connectivity index (χ1) is 19.1. The number of anilines is 1. The van der Waals surface area contributed by atoms with Gasteiger partial charge >= 0.3 is 0 Å². The maximum absolute atomic E-state index is 12.3. The van der Waals surface area contributed by atoms with Crippen molar-refractivity contribution in [2.45, 2.75) is 90.5 Å². The highest BCUT2D eigenvalue weighted by Crippen LogP contribution is 2.29. The lowest BCUT2D eigenvalue weighted by atomic mass is 10.1. The van der Waals surface area contributed by atoms with Gasteiger partial charge in [-0.1, -0.05) is 113 Å². The molecular formula is C32H44BrClN2O3S. The van der Waals surface area contributed by atoms with Gasteiger partial charge in [0.25, 0.3) is 5.91 Å². The molecule has 0 aliphatic heterocycles. The number of carbonyl (C=O) groups is 1. The van der Waals surface area contributed by atoms with Gasteiger partial charge in [0, 0.05) is 17.3 Å². The molecule has 0 aliphatic rings. The van der Waals surface area contributed by atoms with Gasteiger partial charge in [0.15, 0.2) is 19.3 Å². The molecule has 3 rings (SSSR count). The molecule has 1 aromatic heterocycles. The van der Waals surface area contributed by atoms with Crippen LogP contribution in [0.1, 0.15) is 89.5 Å². The van der Waals surface area contributed by atoms with E-state index in [1.165, 1.54) is 76.2 Å². The summed E-state index contributed by atoms with van der Waals surface area (Å²) in [6.45, 7) is 3.64.